The summed E-state index contributed by atoms with van der Waals surface area (Å²) in [7, 11) is 1.63. The number of benzene rings is 2. The van der Waals surface area contributed by atoms with E-state index in [2.05, 4.69) is 10.1 Å². The number of carbonyl (C=O) groups is 1. The summed E-state index contributed by atoms with van der Waals surface area (Å²) in [6, 6.07) is 15.0. The van der Waals surface area contributed by atoms with Gasteiger partial charge in [0.05, 0.1) is 13.0 Å². The number of aromatic nitrogens is 2. The van der Waals surface area contributed by atoms with E-state index in [1.807, 2.05) is 36.4 Å². The van der Waals surface area contributed by atoms with Gasteiger partial charge in [0.1, 0.15) is 5.75 Å². The van der Waals surface area contributed by atoms with Crippen LogP contribution < -0.4 is 4.74 Å². The lowest BCUT2D eigenvalue weighted by molar-refractivity contribution is -0.128. The molecule has 1 amide bonds. The summed E-state index contributed by atoms with van der Waals surface area (Å²) in [5, 5.41) is 4.65. The smallest absolute Gasteiger partial charge is 0.232 e. The molecule has 1 unspecified atom stereocenters. The average Bonchev–Trinajstić information content (AvgIpc) is 3.30. The van der Waals surface area contributed by atoms with Gasteiger partial charge in [0.25, 0.3) is 0 Å². The molecule has 138 valence electrons. The highest BCUT2D eigenvalue weighted by Gasteiger charge is 2.34. The topological polar surface area (TPSA) is 68.5 Å². The highest BCUT2D eigenvalue weighted by molar-refractivity contribution is 6.30. The minimum atomic E-state index is -0.118. The van der Waals surface area contributed by atoms with Crippen molar-refractivity contribution in [2.24, 2.45) is 0 Å². The van der Waals surface area contributed by atoms with Crippen molar-refractivity contribution in [3.63, 3.8) is 0 Å². The summed E-state index contributed by atoms with van der Waals surface area (Å²) < 4.78 is 10.8. The Morgan fingerprint density at radius 3 is 2.93 bits per heavy atom. The molecule has 0 aliphatic carbocycles. The quantitative estimate of drug-likeness (QED) is 0.668. The Kier molecular flexibility index (Phi) is 4.81. The molecular weight excluding hydrogens is 366 g/mol. The maximum atomic E-state index is 12.5. The number of hydrogen-bond acceptors (Lipinski definition) is 5. The third-order valence-electron chi connectivity index (χ3n) is 4.64. The third kappa shape index (κ3) is 3.66. The van der Waals surface area contributed by atoms with Crippen molar-refractivity contribution >= 4 is 17.5 Å². The number of nitrogens with zero attached hydrogens (tertiary/aromatic N) is 3. The van der Waals surface area contributed by atoms with Crippen LogP contribution in [-0.2, 0) is 11.3 Å². The van der Waals surface area contributed by atoms with Gasteiger partial charge in [-0.05, 0) is 18.2 Å². The first-order valence-electron chi connectivity index (χ1n) is 8.63. The Balaban J connectivity index is 1.49. The molecule has 0 radical (unpaired) electrons. The van der Waals surface area contributed by atoms with E-state index in [1.165, 1.54) is 0 Å². The number of rotatable bonds is 5. The lowest BCUT2D eigenvalue weighted by Gasteiger charge is -2.17. The second kappa shape index (κ2) is 7.40. The minimum Gasteiger partial charge on any atom is -0.496 e. The Bertz CT molecular complexity index is 972. The van der Waals surface area contributed by atoms with Crippen LogP contribution in [0.5, 0.6) is 5.75 Å². The van der Waals surface area contributed by atoms with Gasteiger partial charge >= 0.3 is 0 Å². The van der Waals surface area contributed by atoms with E-state index in [-0.39, 0.29) is 11.8 Å². The molecule has 6 nitrogen and oxygen atoms in total. The van der Waals surface area contributed by atoms with E-state index in [9.17, 15) is 4.79 Å². The van der Waals surface area contributed by atoms with Gasteiger partial charge in [-0.25, -0.2) is 0 Å². The third-order valence-corrected chi connectivity index (χ3v) is 4.88. The summed E-state index contributed by atoms with van der Waals surface area (Å²) in [6.07, 6.45) is 0.354. The lowest BCUT2D eigenvalue weighted by Crippen LogP contribution is -2.24. The molecule has 1 aromatic heterocycles. The van der Waals surface area contributed by atoms with E-state index in [4.69, 9.17) is 20.9 Å². The van der Waals surface area contributed by atoms with Gasteiger partial charge in [0.15, 0.2) is 0 Å². The molecule has 1 saturated heterocycles. The molecule has 0 spiro atoms. The number of halogens is 1. The molecule has 2 heterocycles. The molecule has 7 heteroatoms. The number of likely N-dealkylation sites (tertiary alicyclic amines) is 1. The Morgan fingerprint density at radius 1 is 1.26 bits per heavy atom. The van der Waals surface area contributed by atoms with Gasteiger partial charge in [-0.3, -0.25) is 4.79 Å². The van der Waals surface area contributed by atoms with Gasteiger partial charge in [-0.15, -0.1) is 0 Å². The Hall–Kier alpha value is -2.86. The molecule has 4 rings (SSSR count). The van der Waals surface area contributed by atoms with Crippen LogP contribution in [0.1, 0.15) is 23.8 Å². The largest absolute Gasteiger partial charge is 0.496 e. The van der Waals surface area contributed by atoms with Crippen molar-refractivity contribution in [2.45, 2.75) is 18.9 Å². The maximum absolute atomic E-state index is 12.5. The fraction of sp³-hybridized carbons (Fsp3) is 0.250. The molecular formula is C20H18ClN3O3. The highest BCUT2D eigenvalue weighted by atomic mass is 35.5. The first-order chi connectivity index (χ1) is 13.1. The molecule has 27 heavy (non-hydrogen) atoms. The average molecular weight is 384 g/mol. The highest BCUT2D eigenvalue weighted by Crippen LogP contribution is 2.31. The standard InChI is InChI=1S/C20H18ClN3O3/c1-26-17-8-3-2-5-14(17)11-24-12-15(10-18(24)25)20-22-19(23-27-20)13-6-4-7-16(21)9-13/h2-9,15H,10-12H2,1H3. The number of carbonyl (C=O) groups excluding carboxylic acids is 1. The molecule has 1 aliphatic heterocycles. The van der Waals surface area contributed by atoms with Crippen molar-refractivity contribution in [2.75, 3.05) is 13.7 Å². The van der Waals surface area contributed by atoms with E-state index in [0.717, 1.165) is 16.9 Å². The molecule has 2 aromatic carbocycles. The first-order valence-corrected chi connectivity index (χ1v) is 9.01. The Morgan fingerprint density at radius 2 is 2.11 bits per heavy atom. The van der Waals surface area contributed by atoms with Crippen molar-refractivity contribution in [3.05, 3.63) is 65.0 Å². The predicted octanol–water partition coefficient (Wildman–Crippen LogP) is 3.91. The second-order valence-corrected chi connectivity index (χ2v) is 6.89. The van der Waals surface area contributed by atoms with Crippen LogP contribution in [-0.4, -0.2) is 34.6 Å². The zero-order valence-corrected chi connectivity index (χ0v) is 15.5. The van der Waals surface area contributed by atoms with Crippen LogP contribution in [0, 0.1) is 0 Å². The normalized spacial score (nSPS) is 16.7. The number of para-hydroxylation sites is 1. The fourth-order valence-corrected chi connectivity index (χ4v) is 3.47. The summed E-state index contributed by atoms with van der Waals surface area (Å²) in [4.78, 5) is 18.7. The fourth-order valence-electron chi connectivity index (χ4n) is 3.28. The van der Waals surface area contributed by atoms with Crippen molar-refractivity contribution < 1.29 is 14.1 Å². The first kappa shape index (κ1) is 17.5. The van der Waals surface area contributed by atoms with E-state index < -0.39 is 0 Å². The summed E-state index contributed by atoms with van der Waals surface area (Å²) in [5.74, 6) is 1.67. The SMILES string of the molecule is COc1ccccc1CN1CC(c2nc(-c3cccc(Cl)c3)no2)CC1=O. The van der Waals surface area contributed by atoms with Gasteiger partial charge in [-0.1, -0.05) is 47.1 Å². The molecule has 1 aliphatic rings. The van der Waals surface area contributed by atoms with Crippen LogP contribution >= 0.6 is 11.6 Å². The van der Waals surface area contributed by atoms with Crippen molar-refractivity contribution in [1.82, 2.24) is 15.0 Å². The van der Waals surface area contributed by atoms with Crippen LogP contribution in [0.2, 0.25) is 5.02 Å². The van der Waals surface area contributed by atoms with Crippen LogP contribution in [0.15, 0.2) is 53.1 Å². The number of amides is 1. The van der Waals surface area contributed by atoms with E-state index in [0.29, 0.717) is 36.2 Å². The van der Waals surface area contributed by atoms with Crippen molar-refractivity contribution in [1.29, 1.82) is 0 Å². The van der Waals surface area contributed by atoms with Gasteiger partial charge in [0, 0.05) is 35.7 Å². The van der Waals surface area contributed by atoms with Gasteiger partial charge in [0.2, 0.25) is 17.6 Å². The molecule has 1 atom stereocenters. The molecule has 0 bridgehead atoms. The molecule has 0 saturated carbocycles. The van der Waals surface area contributed by atoms with Crippen molar-refractivity contribution in [3.8, 4) is 17.1 Å². The minimum absolute atomic E-state index is 0.0633. The van der Waals surface area contributed by atoms with Gasteiger partial charge < -0.3 is 14.2 Å². The van der Waals surface area contributed by atoms with E-state index in [1.54, 1.807) is 24.1 Å². The number of ether oxygens (including phenoxy) is 1. The predicted molar refractivity (Wildman–Crippen MR) is 101 cm³/mol. The van der Waals surface area contributed by atoms with E-state index >= 15 is 0 Å². The number of hydrogen-bond donors (Lipinski definition) is 0. The van der Waals surface area contributed by atoms with Crippen LogP contribution in [0.4, 0.5) is 0 Å². The molecule has 3 aromatic rings. The monoisotopic (exact) mass is 383 g/mol. The summed E-state index contributed by atoms with van der Waals surface area (Å²) >= 11 is 6.02. The zero-order valence-electron chi connectivity index (χ0n) is 14.8. The maximum Gasteiger partial charge on any atom is 0.232 e. The summed E-state index contributed by atoms with van der Waals surface area (Å²) in [6.45, 7) is 1.03. The molecule has 0 N–H and O–H groups in total. The zero-order chi connectivity index (χ0) is 18.8. The van der Waals surface area contributed by atoms with Crippen LogP contribution in [0.3, 0.4) is 0 Å². The van der Waals surface area contributed by atoms with Crippen LogP contribution in [0.25, 0.3) is 11.4 Å². The lowest BCUT2D eigenvalue weighted by atomic mass is 10.1. The number of methoxy groups -OCH3 is 1. The Labute approximate surface area is 161 Å². The second-order valence-electron chi connectivity index (χ2n) is 6.45. The summed E-state index contributed by atoms with van der Waals surface area (Å²) in [5.41, 5.74) is 1.76. The molecule has 1 fully saturated rings. The van der Waals surface area contributed by atoms with Gasteiger partial charge in [-0.2, -0.15) is 4.98 Å².